The molecule has 0 fully saturated rings. The zero-order valence-corrected chi connectivity index (χ0v) is 10.4. The van der Waals surface area contributed by atoms with E-state index in [0.29, 0.717) is 0 Å². The highest BCUT2D eigenvalue weighted by Crippen LogP contribution is 2.33. The van der Waals surface area contributed by atoms with E-state index >= 15 is 0 Å². The van der Waals surface area contributed by atoms with Gasteiger partial charge in [0, 0.05) is 28.7 Å². The minimum absolute atomic E-state index is 0.0313. The molecule has 3 nitrogen and oxygen atoms in total. The summed E-state index contributed by atoms with van der Waals surface area (Å²) in [4.78, 5) is 15.2. The van der Waals surface area contributed by atoms with Crippen LogP contribution in [0.4, 0.5) is 5.69 Å². The maximum absolute atomic E-state index is 12.0. The number of aromatic nitrogens is 1. The first kappa shape index (κ1) is 10.8. The number of fused-ring (bicyclic) bond motifs is 1. The van der Waals surface area contributed by atoms with E-state index in [2.05, 4.69) is 10.3 Å². The predicted octanol–water partition coefficient (Wildman–Crippen LogP) is 3.12. The predicted molar refractivity (Wildman–Crippen MR) is 73.2 cm³/mol. The largest absolute Gasteiger partial charge is 0.364 e. The Morgan fingerprint density at radius 3 is 2.67 bits per heavy atom. The Balaban J connectivity index is 2.16. The highest BCUT2D eigenvalue weighted by atomic mass is 16.2. The molecular weight excluding hydrogens is 224 g/mol. The molecule has 1 aromatic carbocycles. The van der Waals surface area contributed by atoms with Crippen LogP contribution in [0.3, 0.4) is 0 Å². The summed E-state index contributed by atoms with van der Waals surface area (Å²) in [5.74, 6) is -0.0313. The van der Waals surface area contributed by atoms with E-state index in [4.69, 9.17) is 0 Å². The van der Waals surface area contributed by atoms with E-state index in [1.165, 1.54) is 0 Å². The third-order valence-corrected chi connectivity index (χ3v) is 3.33. The number of hydrogen-bond donors (Lipinski definition) is 2. The average molecular weight is 238 g/mol. The van der Waals surface area contributed by atoms with Gasteiger partial charge in [-0.05, 0) is 37.1 Å². The van der Waals surface area contributed by atoms with Gasteiger partial charge in [0.2, 0.25) is 0 Å². The molecule has 0 radical (unpaired) electrons. The van der Waals surface area contributed by atoms with Crippen LogP contribution in [0.1, 0.15) is 22.4 Å². The van der Waals surface area contributed by atoms with E-state index < -0.39 is 0 Å². The van der Waals surface area contributed by atoms with Crippen molar-refractivity contribution in [1.82, 2.24) is 4.98 Å². The Labute approximate surface area is 106 Å². The fraction of sp³-hybridized carbons (Fsp3) is 0.133. The van der Waals surface area contributed by atoms with Crippen molar-refractivity contribution in [3.63, 3.8) is 0 Å². The van der Waals surface area contributed by atoms with Crippen molar-refractivity contribution in [2.24, 2.45) is 0 Å². The van der Waals surface area contributed by atoms with Crippen molar-refractivity contribution in [2.45, 2.75) is 13.8 Å². The normalized spacial score (nSPS) is 15.9. The number of carbonyl (C=O) groups is 1. The molecule has 0 spiro atoms. The number of carbonyl (C=O) groups excluding carboxylic acids is 1. The van der Waals surface area contributed by atoms with Gasteiger partial charge in [-0.2, -0.15) is 0 Å². The summed E-state index contributed by atoms with van der Waals surface area (Å²) in [6.45, 7) is 4.05. The monoisotopic (exact) mass is 238 g/mol. The minimum atomic E-state index is -0.0313. The van der Waals surface area contributed by atoms with Crippen LogP contribution in [-0.4, -0.2) is 10.9 Å². The molecule has 3 rings (SSSR count). The number of hydrogen-bond acceptors (Lipinski definition) is 1. The number of aryl methyl sites for hydroxylation is 2. The lowest BCUT2D eigenvalue weighted by atomic mass is 10.0. The van der Waals surface area contributed by atoms with Crippen molar-refractivity contribution in [1.29, 1.82) is 0 Å². The van der Waals surface area contributed by atoms with E-state index in [9.17, 15) is 4.79 Å². The molecule has 0 aliphatic carbocycles. The van der Waals surface area contributed by atoms with Gasteiger partial charge in [0.15, 0.2) is 0 Å². The molecule has 0 saturated heterocycles. The van der Waals surface area contributed by atoms with Gasteiger partial charge >= 0.3 is 0 Å². The van der Waals surface area contributed by atoms with Crippen LogP contribution in [0.15, 0.2) is 30.5 Å². The van der Waals surface area contributed by atoms with Crippen molar-refractivity contribution in [2.75, 3.05) is 5.32 Å². The molecule has 3 heteroatoms. The lowest BCUT2D eigenvalue weighted by Gasteiger charge is -1.99. The van der Waals surface area contributed by atoms with Crippen LogP contribution in [0.5, 0.6) is 0 Å². The van der Waals surface area contributed by atoms with Gasteiger partial charge in [-0.1, -0.05) is 18.2 Å². The molecule has 90 valence electrons. The molecule has 2 aromatic rings. The van der Waals surface area contributed by atoms with Crippen LogP contribution in [0.2, 0.25) is 0 Å². The van der Waals surface area contributed by atoms with Crippen molar-refractivity contribution in [3.05, 3.63) is 52.8 Å². The number of nitrogens with one attached hydrogen (secondary N) is 2. The third-order valence-electron chi connectivity index (χ3n) is 3.33. The van der Waals surface area contributed by atoms with Gasteiger partial charge in [-0.15, -0.1) is 0 Å². The summed E-state index contributed by atoms with van der Waals surface area (Å²) in [5, 5.41) is 2.88. The summed E-state index contributed by atoms with van der Waals surface area (Å²) in [5.41, 5.74) is 5.92. The first-order valence-electron chi connectivity index (χ1n) is 5.94. The number of para-hydroxylation sites is 1. The number of H-pyrrole nitrogens is 1. The fourth-order valence-electron chi connectivity index (χ4n) is 2.32. The Morgan fingerprint density at radius 1 is 1.17 bits per heavy atom. The second-order valence-electron chi connectivity index (χ2n) is 4.57. The molecule has 1 aliphatic rings. The standard InChI is InChI=1S/C15H14N2O/c1-9-8-16-10(2)12(9)7-13-11-5-3-4-6-14(11)17-15(13)18/h3-8,16H,1-2H3,(H,17,18)/b13-7-. The fourth-order valence-corrected chi connectivity index (χ4v) is 2.32. The lowest BCUT2D eigenvalue weighted by molar-refractivity contribution is -0.110. The summed E-state index contributed by atoms with van der Waals surface area (Å²) in [6.07, 6.45) is 3.92. The number of amides is 1. The van der Waals surface area contributed by atoms with Crippen molar-refractivity contribution >= 4 is 23.2 Å². The zero-order valence-electron chi connectivity index (χ0n) is 10.4. The molecule has 0 atom stereocenters. The second-order valence-corrected chi connectivity index (χ2v) is 4.57. The second kappa shape index (κ2) is 3.88. The maximum Gasteiger partial charge on any atom is 0.256 e. The Hall–Kier alpha value is -2.29. The Kier molecular flexibility index (Phi) is 2.33. The van der Waals surface area contributed by atoms with Crippen LogP contribution in [-0.2, 0) is 4.79 Å². The smallest absolute Gasteiger partial charge is 0.256 e. The molecule has 18 heavy (non-hydrogen) atoms. The molecule has 0 saturated carbocycles. The summed E-state index contributed by atoms with van der Waals surface area (Å²) in [7, 11) is 0. The van der Waals surface area contributed by atoms with Gasteiger partial charge in [0.1, 0.15) is 0 Å². The Bertz CT molecular complexity index is 645. The van der Waals surface area contributed by atoms with Crippen LogP contribution < -0.4 is 5.32 Å². The number of benzene rings is 1. The molecule has 2 N–H and O–H groups in total. The highest BCUT2D eigenvalue weighted by Gasteiger charge is 2.23. The summed E-state index contributed by atoms with van der Waals surface area (Å²) >= 11 is 0. The quantitative estimate of drug-likeness (QED) is 0.737. The number of aromatic amines is 1. The topological polar surface area (TPSA) is 44.9 Å². The SMILES string of the molecule is Cc1c[nH]c(C)c1/C=C1\C(=O)Nc2ccccc21. The van der Waals surface area contributed by atoms with Gasteiger partial charge in [0.25, 0.3) is 5.91 Å². The van der Waals surface area contributed by atoms with Crippen molar-refractivity contribution < 1.29 is 4.79 Å². The molecule has 0 bridgehead atoms. The maximum atomic E-state index is 12.0. The van der Waals surface area contributed by atoms with E-state index in [-0.39, 0.29) is 5.91 Å². The van der Waals surface area contributed by atoms with Gasteiger partial charge in [-0.3, -0.25) is 4.79 Å². The number of anilines is 1. The minimum Gasteiger partial charge on any atom is -0.364 e. The molecule has 1 aromatic heterocycles. The molecule has 2 heterocycles. The Morgan fingerprint density at radius 2 is 1.94 bits per heavy atom. The highest BCUT2D eigenvalue weighted by molar-refractivity contribution is 6.35. The molecule has 0 unspecified atom stereocenters. The van der Waals surface area contributed by atoms with Crippen LogP contribution in [0.25, 0.3) is 11.6 Å². The molecular formula is C15H14N2O. The van der Waals surface area contributed by atoms with Gasteiger partial charge in [-0.25, -0.2) is 0 Å². The summed E-state index contributed by atoms with van der Waals surface area (Å²) in [6, 6.07) is 7.76. The lowest BCUT2D eigenvalue weighted by Crippen LogP contribution is -2.03. The van der Waals surface area contributed by atoms with E-state index in [1.54, 1.807) is 0 Å². The van der Waals surface area contributed by atoms with E-state index in [0.717, 1.165) is 33.6 Å². The van der Waals surface area contributed by atoms with Gasteiger partial charge < -0.3 is 10.3 Å². The average Bonchev–Trinajstić information content (AvgIpc) is 2.84. The van der Waals surface area contributed by atoms with Gasteiger partial charge in [0.05, 0.1) is 0 Å². The third kappa shape index (κ3) is 1.56. The zero-order chi connectivity index (χ0) is 12.7. The van der Waals surface area contributed by atoms with E-state index in [1.807, 2.05) is 50.4 Å². The van der Waals surface area contributed by atoms with Crippen molar-refractivity contribution in [3.8, 4) is 0 Å². The molecule has 1 amide bonds. The molecule has 1 aliphatic heterocycles. The first-order chi connectivity index (χ1) is 8.66. The van der Waals surface area contributed by atoms with Crippen LogP contribution >= 0.6 is 0 Å². The number of rotatable bonds is 1. The first-order valence-corrected chi connectivity index (χ1v) is 5.94. The summed E-state index contributed by atoms with van der Waals surface area (Å²) < 4.78 is 0. The van der Waals surface area contributed by atoms with Crippen LogP contribution in [0, 0.1) is 13.8 Å².